The molecule has 0 spiro atoms. The fourth-order valence-corrected chi connectivity index (χ4v) is 3.14. The van der Waals surface area contributed by atoms with Crippen LogP contribution in [0.2, 0.25) is 0 Å². The number of pyridine rings is 1. The number of ether oxygens (including phenoxy) is 1. The molecule has 1 fully saturated rings. The average molecular weight is 343 g/mol. The first-order valence-electron chi connectivity index (χ1n) is 8.68. The molecule has 0 aromatic carbocycles. The summed E-state index contributed by atoms with van der Waals surface area (Å²) in [7, 11) is 1.90. The first-order valence-corrected chi connectivity index (χ1v) is 8.68. The molecule has 1 amide bonds. The van der Waals surface area contributed by atoms with Crippen LogP contribution in [0, 0.1) is 0 Å². The Kier molecular flexibility index (Phi) is 5.65. The number of aromatic nitrogens is 3. The van der Waals surface area contributed by atoms with Crippen LogP contribution in [0.4, 0.5) is 5.82 Å². The number of amides is 1. The molecule has 2 aromatic rings. The first-order chi connectivity index (χ1) is 12.1. The van der Waals surface area contributed by atoms with Crippen LogP contribution in [-0.4, -0.2) is 51.4 Å². The Balaban J connectivity index is 1.47. The van der Waals surface area contributed by atoms with E-state index >= 15 is 0 Å². The van der Waals surface area contributed by atoms with Gasteiger partial charge in [-0.05, 0) is 43.0 Å². The Hall–Kier alpha value is -2.41. The molecule has 0 bridgehead atoms. The molecular formula is C18H25N5O2. The summed E-state index contributed by atoms with van der Waals surface area (Å²) in [4.78, 5) is 18.4. The number of carbonyl (C=O) groups is 1. The summed E-state index contributed by atoms with van der Waals surface area (Å²) in [6.45, 7) is 1.92. The molecule has 0 unspecified atom stereocenters. The molecule has 3 rings (SSSR count). The molecule has 1 aliphatic heterocycles. The fourth-order valence-electron chi connectivity index (χ4n) is 3.14. The molecule has 2 N–H and O–H groups in total. The summed E-state index contributed by atoms with van der Waals surface area (Å²) in [5.41, 5.74) is 7.94. The van der Waals surface area contributed by atoms with Gasteiger partial charge in [0.25, 0.3) is 0 Å². The van der Waals surface area contributed by atoms with E-state index in [-0.39, 0.29) is 12.0 Å². The third-order valence-electron chi connectivity index (χ3n) is 4.61. The summed E-state index contributed by atoms with van der Waals surface area (Å²) < 4.78 is 7.64. The van der Waals surface area contributed by atoms with Crippen LogP contribution >= 0.6 is 0 Å². The van der Waals surface area contributed by atoms with Gasteiger partial charge in [-0.15, -0.1) is 0 Å². The minimum Gasteiger partial charge on any atom is -0.384 e. The predicted octanol–water partition coefficient (Wildman–Crippen LogP) is 1.19. The molecule has 0 aliphatic carbocycles. The van der Waals surface area contributed by atoms with Crippen LogP contribution in [0.15, 0.2) is 30.6 Å². The van der Waals surface area contributed by atoms with E-state index in [2.05, 4.69) is 10.1 Å². The van der Waals surface area contributed by atoms with Crippen molar-refractivity contribution in [3.63, 3.8) is 0 Å². The van der Waals surface area contributed by atoms with Crippen LogP contribution < -0.4 is 5.73 Å². The van der Waals surface area contributed by atoms with Gasteiger partial charge < -0.3 is 15.4 Å². The topological polar surface area (TPSA) is 86.3 Å². The van der Waals surface area contributed by atoms with Crippen molar-refractivity contribution < 1.29 is 9.53 Å². The van der Waals surface area contributed by atoms with Gasteiger partial charge in [-0.3, -0.25) is 9.48 Å². The van der Waals surface area contributed by atoms with Crippen molar-refractivity contribution in [2.75, 3.05) is 25.4 Å². The van der Waals surface area contributed by atoms with Crippen molar-refractivity contribution in [3.8, 4) is 0 Å². The number of hydrogen-bond donors (Lipinski definition) is 1. The lowest BCUT2D eigenvalue weighted by molar-refractivity contribution is -0.138. The molecule has 7 nitrogen and oxygen atoms in total. The van der Waals surface area contributed by atoms with Gasteiger partial charge in [0.2, 0.25) is 5.91 Å². The fraction of sp³-hybridized carbons (Fsp3) is 0.500. The zero-order chi connectivity index (χ0) is 17.6. The average Bonchev–Trinajstić information content (AvgIpc) is 3.03. The van der Waals surface area contributed by atoms with Gasteiger partial charge in [0.1, 0.15) is 5.82 Å². The predicted molar refractivity (Wildman–Crippen MR) is 94.8 cm³/mol. The lowest BCUT2D eigenvalue weighted by Gasteiger charge is -2.33. The third kappa shape index (κ3) is 4.79. The summed E-state index contributed by atoms with van der Waals surface area (Å²) in [5, 5.41) is 4.14. The summed E-state index contributed by atoms with van der Waals surface area (Å²) in [6, 6.07) is 5.81. The number of morpholine rings is 1. The van der Waals surface area contributed by atoms with Crippen LogP contribution in [0.3, 0.4) is 0 Å². The largest absolute Gasteiger partial charge is 0.384 e. The maximum absolute atomic E-state index is 12.5. The quantitative estimate of drug-likeness (QED) is 0.851. The van der Waals surface area contributed by atoms with Crippen LogP contribution in [-0.2, 0) is 29.4 Å². The summed E-state index contributed by atoms with van der Waals surface area (Å²) >= 11 is 0. The maximum atomic E-state index is 12.5. The molecule has 2 aromatic heterocycles. The lowest BCUT2D eigenvalue weighted by Crippen LogP contribution is -2.45. The first kappa shape index (κ1) is 17.4. The Labute approximate surface area is 147 Å². The summed E-state index contributed by atoms with van der Waals surface area (Å²) in [5.74, 6) is 0.719. The zero-order valence-electron chi connectivity index (χ0n) is 14.6. The highest BCUT2D eigenvalue weighted by molar-refractivity contribution is 5.76. The molecule has 7 heteroatoms. The minimum atomic E-state index is 0.0730. The SMILES string of the molecule is Cn1nccc1CCC(=O)N1CCO[C@H](CCc2ccnc(N)c2)C1. The highest BCUT2D eigenvalue weighted by Gasteiger charge is 2.24. The Morgan fingerprint density at radius 2 is 2.24 bits per heavy atom. The third-order valence-corrected chi connectivity index (χ3v) is 4.61. The van der Waals surface area contributed by atoms with Crippen molar-refractivity contribution in [2.24, 2.45) is 7.05 Å². The van der Waals surface area contributed by atoms with Gasteiger partial charge in [0.05, 0.1) is 12.7 Å². The van der Waals surface area contributed by atoms with E-state index in [0.717, 1.165) is 24.1 Å². The van der Waals surface area contributed by atoms with E-state index in [4.69, 9.17) is 10.5 Å². The van der Waals surface area contributed by atoms with E-state index in [1.54, 1.807) is 12.4 Å². The molecule has 0 saturated carbocycles. The second-order valence-corrected chi connectivity index (χ2v) is 6.41. The molecular weight excluding hydrogens is 318 g/mol. The van der Waals surface area contributed by atoms with E-state index in [0.29, 0.717) is 38.4 Å². The highest BCUT2D eigenvalue weighted by Crippen LogP contribution is 2.15. The monoisotopic (exact) mass is 343 g/mol. The Morgan fingerprint density at radius 1 is 1.36 bits per heavy atom. The number of nitrogens with zero attached hydrogens (tertiary/aromatic N) is 4. The number of hydrogen-bond acceptors (Lipinski definition) is 5. The number of nitrogen functional groups attached to an aromatic ring is 1. The van der Waals surface area contributed by atoms with E-state index in [1.165, 1.54) is 0 Å². The molecule has 1 aliphatic rings. The van der Waals surface area contributed by atoms with Crippen LogP contribution in [0.5, 0.6) is 0 Å². The van der Waals surface area contributed by atoms with Crippen LogP contribution in [0.1, 0.15) is 24.1 Å². The van der Waals surface area contributed by atoms with E-state index in [9.17, 15) is 4.79 Å². The number of nitrogens with two attached hydrogens (primary N) is 1. The van der Waals surface area contributed by atoms with Gasteiger partial charge >= 0.3 is 0 Å². The van der Waals surface area contributed by atoms with Crippen molar-refractivity contribution in [1.29, 1.82) is 0 Å². The second kappa shape index (κ2) is 8.11. The minimum absolute atomic E-state index is 0.0730. The molecule has 0 radical (unpaired) electrons. The molecule has 1 atom stereocenters. The number of aryl methyl sites for hydroxylation is 3. The second-order valence-electron chi connectivity index (χ2n) is 6.41. The van der Waals surface area contributed by atoms with Crippen molar-refractivity contribution in [2.45, 2.75) is 31.8 Å². The van der Waals surface area contributed by atoms with Gasteiger partial charge in [-0.1, -0.05) is 0 Å². The molecule has 25 heavy (non-hydrogen) atoms. The van der Waals surface area contributed by atoms with E-state index < -0.39 is 0 Å². The van der Waals surface area contributed by atoms with Crippen molar-refractivity contribution in [1.82, 2.24) is 19.7 Å². The lowest BCUT2D eigenvalue weighted by atomic mass is 10.1. The Bertz CT molecular complexity index is 715. The number of anilines is 1. The van der Waals surface area contributed by atoms with Gasteiger partial charge in [-0.2, -0.15) is 5.10 Å². The maximum Gasteiger partial charge on any atom is 0.223 e. The molecule has 3 heterocycles. The Morgan fingerprint density at radius 3 is 3.00 bits per heavy atom. The highest BCUT2D eigenvalue weighted by atomic mass is 16.5. The number of rotatable bonds is 6. The van der Waals surface area contributed by atoms with Gasteiger partial charge in [-0.25, -0.2) is 4.98 Å². The number of carbonyl (C=O) groups excluding carboxylic acids is 1. The van der Waals surface area contributed by atoms with Crippen molar-refractivity contribution in [3.05, 3.63) is 41.9 Å². The normalized spacial score (nSPS) is 17.6. The standard InChI is InChI=1S/C18H25N5O2/c1-22-15(7-9-21-22)3-5-18(24)23-10-11-25-16(13-23)4-2-14-6-8-20-17(19)12-14/h6-9,12,16H,2-5,10-11,13H2,1H3,(H2,19,20)/t16-/m1/s1. The molecule has 1 saturated heterocycles. The van der Waals surface area contributed by atoms with Crippen molar-refractivity contribution >= 4 is 11.7 Å². The zero-order valence-corrected chi connectivity index (χ0v) is 14.6. The molecule has 134 valence electrons. The van der Waals surface area contributed by atoms with Gasteiger partial charge in [0.15, 0.2) is 0 Å². The van der Waals surface area contributed by atoms with Crippen LogP contribution in [0.25, 0.3) is 0 Å². The van der Waals surface area contributed by atoms with E-state index in [1.807, 2.05) is 34.8 Å². The van der Waals surface area contributed by atoms with Gasteiger partial charge in [0, 0.05) is 44.6 Å². The smallest absolute Gasteiger partial charge is 0.223 e. The summed E-state index contributed by atoms with van der Waals surface area (Å²) in [6.07, 6.45) is 6.52.